The minimum absolute atomic E-state index is 0.151. The molecule has 1 amide bonds. The lowest BCUT2D eigenvalue weighted by molar-refractivity contribution is -0.754. The van der Waals surface area contributed by atoms with Gasteiger partial charge in [-0.2, -0.15) is 4.68 Å². The van der Waals surface area contributed by atoms with E-state index in [0.717, 1.165) is 25.1 Å². The molecule has 1 atom stereocenters. The van der Waals surface area contributed by atoms with Crippen LogP contribution in [0.2, 0.25) is 0 Å². The van der Waals surface area contributed by atoms with Crippen LogP contribution < -0.4 is 15.7 Å². The summed E-state index contributed by atoms with van der Waals surface area (Å²) in [6, 6.07) is -0.315. The van der Waals surface area contributed by atoms with Crippen LogP contribution in [-0.2, 0) is 32.2 Å². The van der Waals surface area contributed by atoms with Crippen molar-refractivity contribution >= 4 is 11.7 Å². The maximum atomic E-state index is 11.8. The van der Waals surface area contributed by atoms with Crippen LogP contribution in [0.5, 0.6) is 0 Å². The molecule has 1 heterocycles. The van der Waals surface area contributed by atoms with Crippen molar-refractivity contribution in [3.05, 3.63) is 11.9 Å². The van der Waals surface area contributed by atoms with Crippen molar-refractivity contribution in [3.63, 3.8) is 0 Å². The fourth-order valence-corrected chi connectivity index (χ4v) is 2.93. The minimum atomic E-state index is -0.317. The molecule has 31 heavy (non-hydrogen) atoms. The number of hydrogen-bond acceptors (Lipinski definition) is 6. The topological polar surface area (TPSA) is 123 Å². The Balaban J connectivity index is 2.16. The molecule has 0 bridgehead atoms. The van der Waals surface area contributed by atoms with Gasteiger partial charge >= 0.3 is 0 Å². The molecule has 0 aliphatic heterocycles. The zero-order valence-electron chi connectivity index (χ0n) is 20.1. The van der Waals surface area contributed by atoms with E-state index < -0.39 is 0 Å². The summed E-state index contributed by atoms with van der Waals surface area (Å²) in [7, 11) is 0. The number of carbonyl (C=O) groups is 2. The number of nitrogens with one attached hydrogen (secondary N) is 2. The number of ether oxygens (including phenoxy) is 2. The molecule has 0 fully saturated rings. The molecule has 1 rings (SSSR count). The summed E-state index contributed by atoms with van der Waals surface area (Å²) in [4.78, 5) is 23.4. The molecule has 0 radical (unpaired) electrons. The first-order valence-electron chi connectivity index (χ1n) is 11.1. The Hall–Kier alpha value is -1.84. The predicted molar refractivity (Wildman–Crippen MR) is 118 cm³/mol. The Kier molecular flexibility index (Phi) is 11.3. The number of carbonyl (C=O) groups excluding carboxylic acids is 2. The molecule has 4 N–H and O–H groups in total. The summed E-state index contributed by atoms with van der Waals surface area (Å²) < 4.78 is 12.9. The Morgan fingerprint density at radius 1 is 1.13 bits per heavy atom. The lowest BCUT2D eigenvalue weighted by Crippen LogP contribution is -2.50. The van der Waals surface area contributed by atoms with E-state index in [1.807, 2.05) is 52.4 Å². The molecule has 9 nitrogen and oxygen atoms in total. The number of Topliss-reactive ketones (excluding diaryl/α,β-unsaturated/α-hetero) is 1. The van der Waals surface area contributed by atoms with Gasteiger partial charge in [-0.05, 0) is 40.0 Å². The number of unbranched alkanes of at least 4 members (excludes halogenated alkanes) is 1. The van der Waals surface area contributed by atoms with Gasteiger partial charge in [0.15, 0.2) is 6.20 Å². The summed E-state index contributed by atoms with van der Waals surface area (Å²) in [6.45, 7) is 14.3. The second-order valence-electron chi connectivity index (χ2n) is 9.96. The number of rotatable bonds is 15. The smallest absolute Gasteiger partial charge is 0.243 e. The largest absolute Gasteiger partial charge is 0.379 e. The molecule has 0 aromatic carbocycles. The third-order valence-electron chi connectivity index (χ3n) is 4.65. The van der Waals surface area contributed by atoms with E-state index in [-0.39, 0.29) is 28.7 Å². The highest BCUT2D eigenvalue weighted by atomic mass is 16.5. The maximum absolute atomic E-state index is 11.8. The Bertz CT molecular complexity index is 676. The third kappa shape index (κ3) is 12.6. The molecule has 1 aromatic rings. The average molecular weight is 441 g/mol. The number of nitrogens with zero attached hydrogens (tertiary/aromatic N) is 2. The van der Waals surface area contributed by atoms with Crippen molar-refractivity contribution in [1.29, 1.82) is 0 Å². The van der Waals surface area contributed by atoms with Crippen LogP contribution in [0.1, 0.15) is 72.9 Å². The summed E-state index contributed by atoms with van der Waals surface area (Å²) in [5.41, 5.74) is 5.84. The van der Waals surface area contributed by atoms with E-state index in [4.69, 9.17) is 15.2 Å². The molecule has 9 heteroatoms. The van der Waals surface area contributed by atoms with Gasteiger partial charge in [0, 0.05) is 22.5 Å². The summed E-state index contributed by atoms with van der Waals surface area (Å²) >= 11 is 0. The van der Waals surface area contributed by atoms with Gasteiger partial charge < -0.3 is 20.5 Å². The second kappa shape index (κ2) is 12.9. The van der Waals surface area contributed by atoms with Crippen molar-refractivity contribution in [2.75, 3.05) is 19.8 Å². The highest BCUT2D eigenvalue weighted by molar-refractivity contribution is 5.83. The molecule has 0 saturated carbocycles. The molecule has 0 saturated heterocycles. The van der Waals surface area contributed by atoms with Crippen LogP contribution in [0.4, 0.5) is 0 Å². The van der Waals surface area contributed by atoms with Gasteiger partial charge in [-0.25, -0.2) is 0 Å². The van der Waals surface area contributed by atoms with Crippen LogP contribution in [0.3, 0.4) is 0 Å². The number of aromatic amines is 1. The molecule has 1 aromatic heterocycles. The summed E-state index contributed by atoms with van der Waals surface area (Å²) in [5, 5.41) is 10.5. The normalized spacial score (nSPS) is 13.4. The van der Waals surface area contributed by atoms with E-state index in [0.29, 0.717) is 39.3 Å². The zero-order valence-corrected chi connectivity index (χ0v) is 20.1. The van der Waals surface area contributed by atoms with Crippen molar-refractivity contribution < 1.29 is 23.7 Å². The van der Waals surface area contributed by atoms with Crippen molar-refractivity contribution in [3.8, 4) is 0 Å². The molecule has 0 aliphatic carbocycles. The van der Waals surface area contributed by atoms with E-state index >= 15 is 0 Å². The van der Waals surface area contributed by atoms with E-state index in [9.17, 15) is 9.59 Å². The van der Waals surface area contributed by atoms with Gasteiger partial charge in [0.2, 0.25) is 11.6 Å². The van der Waals surface area contributed by atoms with Crippen molar-refractivity contribution in [2.24, 2.45) is 11.1 Å². The molecule has 178 valence electrons. The van der Waals surface area contributed by atoms with Gasteiger partial charge in [-0.3, -0.25) is 9.59 Å². The van der Waals surface area contributed by atoms with Gasteiger partial charge in [0.05, 0.1) is 25.9 Å². The lowest BCUT2D eigenvalue weighted by Gasteiger charge is -2.26. The predicted octanol–water partition coefficient (Wildman–Crippen LogP) is 1.65. The number of hydrogen-bond donors (Lipinski definition) is 3. The highest BCUT2D eigenvalue weighted by Gasteiger charge is 2.21. The van der Waals surface area contributed by atoms with Crippen LogP contribution in [-0.4, -0.2) is 53.4 Å². The summed E-state index contributed by atoms with van der Waals surface area (Å²) in [5.74, 6) is -0.113. The third-order valence-corrected chi connectivity index (χ3v) is 4.65. The van der Waals surface area contributed by atoms with Crippen molar-refractivity contribution in [2.45, 2.75) is 92.0 Å². The van der Waals surface area contributed by atoms with Gasteiger partial charge in [0.25, 0.3) is 0 Å². The monoisotopic (exact) mass is 440 g/mol. The van der Waals surface area contributed by atoms with Crippen LogP contribution in [0.25, 0.3) is 0 Å². The number of amides is 1. The van der Waals surface area contributed by atoms with E-state index in [1.54, 1.807) is 0 Å². The van der Waals surface area contributed by atoms with Gasteiger partial charge in [-0.1, -0.05) is 26.0 Å². The summed E-state index contributed by atoms with van der Waals surface area (Å²) in [6.07, 6.45) is 4.84. The molecular formula is C22H42N5O4+. The maximum Gasteiger partial charge on any atom is 0.243 e. The zero-order chi connectivity index (χ0) is 23.5. The fraction of sp³-hybridized carbons (Fsp3) is 0.818. The van der Waals surface area contributed by atoms with Crippen molar-refractivity contribution in [1.82, 2.24) is 15.6 Å². The highest BCUT2D eigenvalue weighted by Crippen LogP contribution is 2.16. The number of nitrogens with two attached hydrogens (primary N) is 1. The van der Waals surface area contributed by atoms with Crippen LogP contribution in [0.15, 0.2) is 6.20 Å². The minimum Gasteiger partial charge on any atom is -0.379 e. The van der Waals surface area contributed by atoms with Gasteiger partial charge in [-0.15, -0.1) is 0 Å². The van der Waals surface area contributed by atoms with Gasteiger partial charge in [0.1, 0.15) is 18.9 Å². The first kappa shape index (κ1) is 27.2. The average Bonchev–Trinajstić information content (AvgIpc) is 3.09. The molecule has 0 spiro atoms. The molecular weight excluding hydrogens is 398 g/mol. The molecule has 0 unspecified atom stereocenters. The quantitative estimate of drug-likeness (QED) is 0.281. The number of aromatic nitrogens is 3. The Labute approximate surface area is 186 Å². The number of primary amides is 1. The first-order chi connectivity index (χ1) is 14.4. The molecule has 0 aliphatic rings. The van der Waals surface area contributed by atoms with Crippen LogP contribution in [0, 0.1) is 5.41 Å². The van der Waals surface area contributed by atoms with E-state index in [2.05, 4.69) is 15.6 Å². The number of aryl methyl sites for hydroxylation is 1. The Morgan fingerprint density at radius 2 is 1.81 bits per heavy atom. The standard InChI is InChI=1S/C22H41N5O4/c1-21(2,3)19(28)10-12-30-13-14-31-16-17-15-27(26-25-17)11-8-7-9-18(20(23)29)24-22(4,5)6/h15,18,24H,7-14,16H2,1-6H3,(H2,23,29)/p+1/t18-/m0/s1. The van der Waals surface area contributed by atoms with Crippen LogP contribution >= 0.6 is 0 Å². The first-order valence-corrected chi connectivity index (χ1v) is 11.1. The van der Waals surface area contributed by atoms with E-state index in [1.165, 1.54) is 0 Å². The Morgan fingerprint density at radius 3 is 2.42 bits per heavy atom. The SMILES string of the molecule is CC(C)(C)N[C@@H](CCCC[n+]1cc(COCCOCCC(=O)C(C)(C)C)n[nH]1)C(N)=O. The second-order valence-corrected chi connectivity index (χ2v) is 9.96. The fourth-order valence-electron chi connectivity index (χ4n) is 2.93. The number of H-pyrrole nitrogens is 1. The lowest BCUT2D eigenvalue weighted by atomic mass is 9.89. The number of ketones is 1.